The van der Waals surface area contributed by atoms with Gasteiger partial charge in [-0.2, -0.15) is 0 Å². The molecule has 134 valence electrons. The highest BCUT2D eigenvalue weighted by Gasteiger charge is 2.36. The Labute approximate surface area is 148 Å². The fraction of sp³-hybridized carbons (Fsp3) is 0.529. The average Bonchev–Trinajstić information content (AvgIpc) is 2.99. The lowest BCUT2D eigenvalue weighted by atomic mass is 9.98. The number of benzene rings is 1. The normalized spacial score (nSPS) is 15.2. The van der Waals surface area contributed by atoms with Crippen molar-refractivity contribution in [1.82, 2.24) is 10.6 Å². The van der Waals surface area contributed by atoms with E-state index in [9.17, 15) is 9.59 Å². The molecular weight excluding hydrogens is 330 g/mol. The van der Waals surface area contributed by atoms with Crippen LogP contribution in [0, 0.1) is 0 Å². The molecule has 2 amide bonds. The molecular formula is C17H26ClN3O3. The van der Waals surface area contributed by atoms with Crippen LogP contribution in [-0.4, -0.2) is 30.5 Å². The molecule has 1 saturated carbocycles. The van der Waals surface area contributed by atoms with Gasteiger partial charge in [-0.25, -0.2) is 0 Å². The summed E-state index contributed by atoms with van der Waals surface area (Å²) in [6.07, 6.45) is 3.50. The summed E-state index contributed by atoms with van der Waals surface area (Å²) in [5, 5.41) is 5.57. The number of ether oxygens (including phenoxy) is 1. The highest BCUT2D eigenvalue weighted by atomic mass is 35.5. The van der Waals surface area contributed by atoms with Gasteiger partial charge >= 0.3 is 0 Å². The van der Waals surface area contributed by atoms with Crippen molar-refractivity contribution in [2.45, 2.75) is 44.7 Å². The average molecular weight is 356 g/mol. The molecule has 0 atom stereocenters. The number of amides is 2. The Morgan fingerprint density at radius 2 is 1.96 bits per heavy atom. The van der Waals surface area contributed by atoms with E-state index in [0.717, 1.165) is 31.2 Å². The van der Waals surface area contributed by atoms with Crippen LogP contribution in [0.15, 0.2) is 24.3 Å². The third kappa shape index (κ3) is 5.69. The SMILES string of the molecule is CCNC(=O)COc1cccc(CNC(=O)C2(N)CCCC2)c1.Cl. The molecule has 4 N–H and O–H groups in total. The summed E-state index contributed by atoms with van der Waals surface area (Å²) in [5.41, 5.74) is 6.32. The van der Waals surface area contributed by atoms with Crippen LogP contribution >= 0.6 is 12.4 Å². The lowest BCUT2D eigenvalue weighted by molar-refractivity contribution is -0.126. The van der Waals surface area contributed by atoms with Gasteiger partial charge < -0.3 is 21.1 Å². The first-order chi connectivity index (χ1) is 11.0. The topological polar surface area (TPSA) is 93.5 Å². The van der Waals surface area contributed by atoms with Crippen LogP contribution in [0.25, 0.3) is 0 Å². The lowest BCUT2D eigenvalue weighted by Crippen LogP contribution is -2.51. The number of hydrogen-bond donors (Lipinski definition) is 3. The van der Waals surface area contributed by atoms with Crippen LogP contribution < -0.4 is 21.1 Å². The van der Waals surface area contributed by atoms with Crippen molar-refractivity contribution < 1.29 is 14.3 Å². The second-order valence-corrected chi connectivity index (χ2v) is 5.94. The van der Waals surface area contributed by atoms with E-state index in [0.29, 0.717) is 18.8 Å². The van der Waals surface area contributed by atoms with E-state index in [-0.39, 0.29) is 30.8 Å². The molecule has 0 spiro atoms. The van der Waals surface area contributed by atoms with Crippen molar-refractivity contribution in [1.29, 1.82) is 0 Å². The number of carbonyl (C=O) groups is 2. The Bertz CT molecular complexity index is 560. The maximum absolute atomic E-state index is 12.2. The molecule has 1 aliphatic rings. The zero-order valence-electron chi connectivity index (χ0n) is 14.0. The molecule has 1 aromatic carbocycles. The molecule has 0 radical (unpaired) electrons. The minimum absolute atomic E-state index is 0. The molecule has 0 saturated heterocycles. The predicted octanol–water partition coefficient (Wildman–Crippen LogP) is 1.51. The van der Waals surface area contributed by atoms with Crippen LogP contribution in [0.5, 0.6) is 5.75 Å². The molecule has 0 aliphatic heterocycles. The summed E-state index contributed by atoms with van der Waals surface area (Å²) in [4.78, 5) is 23.6. The Kier molecular flexibility index (Phi) is 8.01. The van der Waals surface area contributed by atoms with Gasteiger partial charge in [-0.1, -0.05) is 25.0 Å². The molecule has 2 rings (SSSR count). The van der Waals surface area contributed by atoms with Crippen LogP contribution in [0.4, 0.5) is 0 Å². The van der Waals surface area contributed by atoms with E-state index in [1.165, 1.54) is 0 Å². The van der Waals surface area contributed by atoms with Gasteiger partial charge in [0.15, 0.2) is 6.61 Å². The van der Waals surface area contributed by atoms with E-state index < -0.39 is 5.54 Å². The molecule has 0 heterocycles. The van der Waals surface area contributed by atoms with Gasteiger partial charge in [-0.05, 0) is 37.5 Å². The summed E-state index contributed by atoms with van der Waals surface area (Å²) in [6.45, 7) is 2.82. The number of likely N-dealkylation sites (N-methyl/N-ethyl adjacent to an activating group) is 1. The van der Waals surface area contributed by atoms with Gasteiger partial charge in [0.25, 0.3) is 5.91 Å². The Morgan fingerprint density at radius 3 is 2.62 bits per heavy atom. The lowest BCUT2D eigenvalue weighted by Gasteiger charge is -2.22. The number of nitrogens with two attached hydrogens (primary N) is 1. The first kappa shape index (κ1) is 20.3. The van der Waals surface area contributed by atoms with Crippen LogP contribution in [0.3, 0.4) is 0 Å². The summed E-state index contributed by atoms with van der Waals surface area (Å²) in [7, 11) is 0. The van der Waals surface area contributed by atoms with Gasteiger partial charge in [0.1, 0.15) is 5.75 Å². The van der Waals surface area contributed by atoms with Gasteiger partial charge in [0, 0.05) is 13.1 Å². The number of nitrogens with one attached hydrogen (secondary N) is 2. The van der Waals surface area contributed by atoms with Crippen LogP contribution in [0.2, 0.25) is 0 Å². The Balaban J connectivity index is 0.00000288. The smallest absolute Gasteiger partial charge is 0.257 e. The van der Waals surface area contributed by atoms with E-state index in [1.54, 1.807) is 6.07 Å². The standard InChI is InChI=1S/C17H25N3O3.ClH/c1-2-19-15(21)12-23-14-7-5-6-13(10-14)11-20-16(22)17(18)8-3-4-9-17;/h5-7,10H,2-4,8-9,11-12,18H2,1H3,(H,19,21)(H,20,22);1H. The van der Waals surface area contributed by atoms with Gasteiger partial charge in [0.2, 0.25) is 5.91 Å². The molecule has 7 heteroatoms. The highest BCUT2D eigenvalue weighted by Crippen LogP contribution is 2.27. The second-order valence-electron chi connectivity index (χ2n) is 5.94. The highest BCUT2D eigenvalue weighted by molar-refractivity contribution is 5.86. The fourth-order valence-corrected chi connectivity index (χ4v) is 2.73. The molecule has 0 aromatic heterocycles. The van der Waals surface area contributed by atoms with Crippen molar-refractivity contribution in [2.24, 2.45) is 5.73 Å². The van der Waals surface area contributed by atoms with Crippen LogP contribution in [0.1, 0.15) is 38.2 Å². The van der Waals surface area contributed by atoms with Gasteiger partial charge in [0.05, 0.1) is 5.54 Å². The van der Waals surface area contributed by atoms with Crippen molar-refractivity contribution in [3.8, 4) is 5.75 Å². The van der Waals surface area contributed by atoms with E-state index in [4.69, 9.17) is 10.5 Å². The number of hydrogen-bond acceptors (Lipinski definition) is 4. The molecule has 1 aliphatic carbocycles. The minimum atomic E-state index is -0.716. The first-order valence-electron chi connectivity index (χ1n) is 8.09. The van der Waals surface area contributed by atoms with Gasteiger partial charge in [-0.15, -0.1) is 12.4 Å². The monoisotopic (exact) mass is 355 g/mol. The quantitative estimate of drug-likeness (QED) is 0.691. The summed E-state index contributed by atoms with van der Waals surface area (Å²) < 4.78 is 5.44. The van der Waals surface area contributed by atoms with Crippen molar-refractivity contribution in [3.63, 3.8) is 0 Å². The largest absolute Gasteiger partial charge is 0.484 e. The van der Waals surface area contributed by atoms with E-state index >= 15 is 0 Å². The zero-order chi connectivity index (χ0) is 16.7. The number of rotatable bonds is 7. The number of halogens is 1. The molecule has 0 bridgehead atoms. The fourth-order valence-electron chi connectivity index (χ4n) is 2.73. The predicted molar refractivity (Wildman–Crippen MR) is 95.1 cm³/mol. The molecule has 1 fully saturated rings. The molecule has 6 nitrogen and oxygen atoms in total. The first-order valence-corrected chi connectivity index (χ1v) is 8.09. The molecule has 1 aromatic rings. The van der Waals surface area contributed by atoms with E-state index in [1.807, 2.05) is 25.1 Å². The Hall–Kier alpha value is -1.79. The summed E-state index contributed by atoms with van der Waals surface area (Å²) in [5.74, 6) is 0.354. The maximum atomic E-state index is 12.2. The van der Waals surface area contributed by atoms with Crippen LogP contribution in [-0.2, 0) is 16.1 Å². The second kappa shape index (κ2) is 9.49. The van der Waals surface area contributed by atoms with Gasteiger partial charge in [-0.3, -0.25) is 9.59 Å². The minimum Gasteiger partial charge on any atom is -0.484 e. The number of carbonyl (C=O) groups excluding carboxylic acids is 2. The Morgan fingerprint density at radius 1 is 1.25 bits per heavy atom. The van der Waals surface area contributed by atoms with Crippen molar-refractivity contribution in [3.05, 3.63) is 29.8 Å². The molecule has 24 heavy (non-hydrogen) atoms. The maximum Gasteiger partial charge on any atom is 0.257 e. The van der Waals surface area contributed by atoms with E-state index in [2.05, 4.69) is 10.6 Å². The summed E-state index contributed by atoms with van der Waals surface area (Å²) in [6, 6.07) is 7.34. The zero-order valence-corrected chi connectivity index (χ0v) is 14.8. The third-order valence-electron chi connectivity index (χ3n) is 4.04. The molecule has 0 unspecified atom stereocenters. The summed E-state index contributed by atoms with van der Waals surface area (Å²) >= 11 is 0. The van der Waals surface area contributed by atoms with Crippen molar-refractivity contribution >= 4 is 24.2 Å². The van der Waals surface area contributed by atoms with Crippen molar-refractivity contribution in [2.75, 3.05) is 13.2 Å². The third-order valence-corrected chi connectivity index (χ3v) is 4.04.